The predicted octanol–water partition coefficient (Wildman–Crippen LogP) is 2.97. The lowest BCUT2D eigenvalue weighted by molar-refractivity contribution is -0.121. The van der Waals surface area contributed by atoms with Crippen LogP contribution in [0, 0.1) is 13.8 Å². The molecule has 3 N–H and O–H groups in total. The Morgan fingerprint density at radius 1 is 1.07 bits per heavy atom. The summed E-state index contributed by atoms with van der Waals surface area (Å²) in [4.78, 5) is 27.9. The van der Waals surface area contributed by atoms with Crippen molar-refractivity contribution in [2.45, 2.75) is 20.3 Å². The van der Waals surface area contributed by atoms with E-state index < -0.39 is 5.91 Å². The van der Waals surface area contributed by atoms with E-state index in [0.29, 0.717) is 11.3 Å². The van der Waals surface area contributed by atoms with Crippen molar-refractivity contribution in [3.05, 3.63) is 83.3 Å². The van der Waals surface area contributed by atoms with Gasteiger partial charge in [-0.15, -0.1) is 0 Å². The Kier molecular flexibility index (Phi) is 4.87. The second-order valence-electron chi connectivity index (χ2n) is 6.93. The quantitative estimate of drug-likeness (QED) is 0.470. The normalized spacial score (nSPS) is 10.8. The number of para-hydroxylation sites is 1. The summed E-state index contributed by atoms with van der Waals surface area (Å²) in [7, 11) is 0. The summed E-state index contributed by atoms with van der Waals surface area (Å²) < 4.78 is 1.70. The number of amides is 2. The number of hydrogen-bond donors (Lipinski definition) is 3. The number of H-pyrrole nitrogens is 1. The van der Waals surface area contributed by atoms with E-state index in [2.05, 4.69) is 20.9 Å². The number of hydrazine groups is 1. The molecule has 2 heterocycles. The van der Waals surface area contributed by atoms with Crippen LogP contribution < -0.4 is 10.9 Å². The van der Waals surface area contributed by atoms with Gasteiger partial charge in [0.2, 0.25) is 5.91 Å². The largest absolute Gasteiger partial charge is 0.361 e. The van der Waals surface area contributed by atoms with Crippen LogP contribution in [0.15, 0.2) is 60.9 Å². The molecule has 0 bridgehead atoms. The number of rotatable bonds is 4. The zero-order chi connectivity index (χ0) is 20.4. The topological polar surface area (TPSA) is 91.8 Å². The van der Waals surface area contributed by atoms with Gasteiger partial charge in [0.05, 0.1) is 29.6 Å². The highest BCUT2D eigenvalue weighted by Crippen LogP contribution is 2.18. The molecule has 2 aromatic heterocycles. The molecule has 0 radical (unpaired) electrons. The van der Waals surface area contributed by atoms with Crippen LogP contribution in [0.4, 0.5) is 0 Å². The van der Waals surface area contributed by atoms with Crippen LogP contribution in [0.2, 0.25) is 0 Å². The molecular weight excluding hydrogens is 366 g/mol. The smallest absolute Gasteiger partial charge is 0.273 e. The Balaban J connectivity index is 1.41. The summed E-state index contributed by atoms with van der Waals surface area (Å²) in [6.07, 6.45) is 3.47. The summed E-state index contributed by atoms with van der Waals surface area (Å²) in [6.45, 7) is 3.82. The van der Waals surface area contributed by atoms with E-state index in [-0.39, 0.29) is 12.3 Å². The maximum absolute atomic E-state index is 12.5. The molecular formula is C22H21N5O2. The molecule has 0 fully saturated rings. The number of fused-ring (bicyclic) bond motifs is 1. The maximum atomic E-state index is 12.5. The van der Waals surface area contributed by atoms with Gasteiger partial charge in [0.15, 0.2) is 0 Å². The average molecular weight is 387 g/mol. The molecule has 0 atom stereocenters. The highest BCUT2D eigenvalue weighted by atomic mass is 16.2. The van der Waals surface area contributed by atoms with Crippen LogP contribution >= 0.6 is 0 Å². The number of carbonyl (C=O) groups is 2. The SMILES string of the molecule is Cc1cccc(-n2ncc(C(=O)NNC(=O)Cc3c[nH]c4ccccc34)c2C)c1. The number of nitrogens with zero attached hydrogens (tertiary/aromatic N) is 2. The number of carbonyl (C=O) groups excluding carboxylic acids is 2. The molecule has 0 saturated carbocycles. The molecule has 2 aromatic carbocycles. The lowest BCUT2D eigenvalue weighted by atomic mass is 10.1. The van der Waals surface area contributed by atoms with Crippen LogP contribution in [0.1, 0.15) is 27.2 Å². The third kappa shape index (κ3) is 3.75. The molecule has 7 nitrogen and oxygen atoms in total. The Labute approximate surface area is 167 Å². The van der Waals surface area contributed by atoms with Crippen molar-refractivity contribution in [3.8, 4) is 5.69 Å². The Bertz CT molecular complexity index is 1200. The van der Waals surface area contributed by atoms with Gasteiger partial charge in [0.1, 0.15) is 0 Å². The summed E-state index contributed by atoms with van der Waals surface area (Å²) in [6, 6.07) is 15.6. The molecule has 0 aliphatic carbocycles. The molecule has 0 saturated heterocycles. The van der Waals surface area contributed by atoms with Gasteiger partial charge in [-0.1, -0.05) is 30.3 Å². The number of benzene rings is 2. The molecule has 0 spiro atoms. The average Bonchev–Trinajstić information content (AvgIpc) is 3.30. The first kappa shape index (κ1) is 18.5. The summed E-state index contributed by atoms with van der Waals surface area (Å²) in [5.41, 5.74) is 9.88. The van der Waals surface area contributed by atoms with Crippen molar-refractivity contribution in [1.82, 2.24) is 25.6 Å². The van der Waals surface area contributed by atoms with E-state index in [1.807, 2.05) is 68.6 Å². The monoisotopic (exact) mass is 387 g/mol. The fraction of sp³-hybridized carbons (Fsp3) is 0.136. The summed E-state index contributed by atoms with van der Waals surface area (Å²) >= 11 is 0. The third-order valence-corrected chi connectivity index (χ3v) is 4.84. The zero-order valence-corrected chi connectivity index (χ0v) is 16.2. The Morgan fingerprint density at radius 2 is 1.90 bits per heavy atom. The highest BCUT2D eigenvalue weighted by Gasteiger charge is 2.16. The first-order valence-electron chi connectivity index (χ1n) is 9.29. The van der Waals surface area contributed by atoms with Crippen LogP contribution in [-0.2, 0) is 11.2 Å². The fourth-order valence-electron chi connectivity index (χ4n) is 3.34. The van der Waals surface area contributed by atoms with E-state index in [4.69, 9.17) is 0 Å². The molecule has 4 rings (SSSR count). The van der Waals surface area contributed by atoms with Gasteiger partial charge in [-0.3, -0.25) is 20.4 Å². The van der Waals surface area contributed by atoms with Crippen molar-refractivity contribution in [1.29, 1.82) is 0 Å². The number of aromatic nitrogens is 3. The molecule has 2 amide bonds. The van der Waals surface area contributed by atoms with Crippen LogP contribution in [-0.4, -0.2) is 26.6 Å². The highest BCUT2D eigenvalue weighted by molar-refractivity contribution is 5.97. The summed E-state index contributed by atoms with van der Waals surface area (Å²) in [5.74, 6) is -0.708. The molecule has 7 heteroatoms. The Morgan fingerprint density at radius 3 is 2.72 bits per heavy atom. The molecule has 146 valence electrons. The fourth-order valence-corrected chi connectivity index (χ4v) is 3.34. The van der Waals surface area contributed by atoms with Crippen molar-refractivity contribution in [3.63, 3.8) is 0 Å². The maximum Gasteiger partial charge on any atom is 0.273 e. The minimum Gasteiger partial charge on any atom is -0.361 e. The molecule has 0 aliphatic heterocycles. The van der Waals surface area contributed by atoms with Gasteiger partial charge in [0, 0.05) is 17.1 Å². The zero-order valence-electron chi connectivity index (χ0n) is 16.2. The van der Waals surface area contributed by atoms with Crippen molar-refractivity contribution in [2.75, 3.05) is 0 Å². The van der Waals surface area contributed by atoms with Crippen LogP contribution in [0.3, 0.4) is 0 Å². The van der Waals surface area contributed by atoms with Gasteiger partial charge in [-0.2, -0.15) is 5.10 Å². The van der Waals surface area contributed by atoms with E-state index in [1.165, 1.54) is 6.20 Å². The number of aryl methyl sites for hydroxylation is 1. The molecule has 4 aromatic rings. The van der Waals surface area contributed by atoms with Crippen molar-refractivity contribution in [2.24, 2.45) is 0 Å². The van der Waals surface area contributed by atoms with E-state index in [0.717, 1.165) is 27.7 Å². The first-order valence-corrected chi connectivity index (χ1v) is 9.29. The van der Waals surface area contributed by atoms with Crippen LogP contribution in [0.25, 0.3) is 16.6 Å². The van der Waals surface area contributed by atoms with Gasteiger partial charge in [-0.25, -0.2) is 4.68 Å². The number of nitrogens with one attached hydrogen (secondary N) is 3. The second-order valence-corrected chi connectivity index (χ2v) is 6.93. The first-order chi connectivity index (χ1) is 14.0. The minimum absolute atomic E-state index is 0.159. The Hall–Kier alpha value is -3.87. The van der Waals surface area contributed by atoms with Gasteiger partial charge in [0.25, 0.3) is 5.91 Å². The van der Waals surface area contributed by atoms with E-state index in [1.54, 1.807) is 4.68 Å². The van der Waals surface area contributed by atoms with E-state index >= 15 is 0 Å². The van der Waals surface area contributed by atoms with E-state index in [9.17, 15) is 9.59 Å². The number of aromatic amines is 1. The van der Waals surface area contributed by atoms with Crippen molar-refractivity contribution < 1.29 is 9.59 Å². The molecule has 29 heavy (non-hydrogen) atoms. The number of hydrogen-bond acceptors (Lipinski definition) is 3. The van der Waals surface area contributed by atoms with Crippen LogP contribution in [0.5, 0.6) is 0 Å². The van der Waals surface area contributed by atoms with Gasteiger partial charge in [-0.05, 0) is 43.2 Å². The summed E-state index contributed by atoms with van der Waals surface area (Å²) in [5, 5.41) is 5.30. The second kappa shape index (κ2) is 7.63. The third-order valence-electron chi connectivity index (χ3n) is 4.84. The molecule has 0 unspecified atom stereocenters. The standard InChI is InChI=1S/C22H21N5O2/c1-14-6-5-7-17(10-14)27-15(2)19(13-24-27)22(29)26-25-21(28)11-16-12-23-20-9-4-3-8-18(16)20/h3-10,12-13,23H,11H2,1-2H3,(H,25,28)(H,26,29). The lowest BCUT2D eigenvalue weighted by Crippen LogP contribution is -2.42. The molecule has 0 aliphatic rings. The minimum atomic E-state index is -0.409. The predicted molar refractivity (Wildman–Crippen MR) is 111 cm³/mol. The van der Waals surface area contributed by atoms with Gasteiger partial charge < -0.3 is 4.98 Å². The van der Waals surface area contributed by atoms with Crippen molar-refractivity contribution >= 4 is 22.7 Å². The van der Waals surface area contributed by atoms with Gasteiger partial charge >= 0.3 is 0 Å². The lowest BCUT2D eigenvalue weighted by Gasteiger charge is -2.08.